The van der Waals surface area contributed by atoms with Crippen molar-refractivity contribution in [2.75, 3.05) is 20.6 Å². The Bertz CT molecular complexity index is 565. The Morgan fingerprint density at radius 2 is 2.00 bits per heavy atom. The van der Waals surface area contributed by atoms with Crippen molar-refractivity contribution in [2.24, 2.45) is 0 Å². The van der Waals surface area contributed by atoms with E-state index < -0.39 is 0 Å². The lowest BCUT2D eigenvalue weighted by Crippen LogP contribution is -2.13. The molecule has 1 aliphatic rings. The molecule has 1 aromatic carbocycles. The lowest BCUT2D eigenvalue weighted by Gasteiger charge is -2.12. The summed E-state index contributed by atoms with van der Waals surface area (Å²) in [6.07, 6.45) is 8.70. The molecule has 112 valence electrons. The molecular formula is C19H26N2. The highest BCUT2D eigenvalue weighted by Gasteiger charge is 2.14. The molecule has 0 aromatic heterocycles. The molecule has 21 heavy (non-hydrogen) atoms. The van der Waals surface area contributed by atoms with Gasteiger partial charge in [-0.3, -0.25) is 0 Å². The number of allylic oxidation sites excluding steroid dienone is 2. The van der Waals surface area contributed by atoms with E-state index >= 15 is 0 Å². The van der Waals surface area contributed by atoms with Crippen molar-refractivity contribution in [2.45, 2.75) is 32.6 Å². The highest BCUT2D eigenvalue weighted by Crippen LogP contribution is 2.30. The van der Waals surface area contributed by atoms with Crippen molar-refractivity contribution < 1.29 is 0 Å². The average Bonchev–Trinajstić information content (AvgIpc) is 2.92. The lowest BCUT2D eigenvalue weighted by molar-refractivity contribution is 0.449. The van der Waals surface area contributed by atoms with Crippen LogP contribution >= 0.6 is 0 Å². The molecule has 1 aliphatic carbocycles. The Hall–Kier alpha value is -1.67. The van der Waals surface area contributed by atoms with E-state index in [2.05, 4.69) is 56.3 Å². The highest BCUT2D eigenvalue weighted by molar-refractivity contribution is 6.02. The second kappa shape index (κ2) is 7.37. The molecule has 0 spiro atoms. The molecule has 0 aliphatic heterocycles. The first kappa shape index (κ1) is 15.7. The van der Waals surface area contributed by atoms with Gasteiger partial charge in [-0.2, -0.15) is 0 Å². The maximum atomic E-state index is 8.35. The minimum Gasteiger partial charge on any atom is -0.305 e. The third-order valence-electron chi connectivity index (χ3n) is 3.82. The Morgan fingerprint density at radius 3 is 2.71 bits per heavy atom. The fourth-order valence-electron chi connectivity index (χ4n) is 2.76. The van der Waals surface area contributed by atoms with E-state index in [0.717, 1.165) is 43.5 Å². The van der Waals surface area contributed by atoms with Crippen molar-refractivity contribution in [1.82, 2.24) is 4.90 Å². The van der Waals surface area contributed by atoms with Gasteiger partial charge in [0.1, 0.15) is 0 Å². The Labute approximate surface area is 128 Å². The van der Waals surface area contributed by atoms with Gasteiger partial charge in [-0.05, 0) is 50.1 Å². The first-order valence-electron chi connectivity index (χ1n) is 7.83. The van der Waals surface area contributed by atoms with Crippen molar-refractivity contribution in [1.29, 1.82) is 5.41 Å². The quantitative estimate of drug-likeness (QED) is 0.731. The van der Waals surface area contributed by atoms with Crippen LogP contribution in [0.2, 0.25) is 0 Å². The summed E-state index contributed by atoms with van der Waals surface area (Å²) in [7, 11) is 4.20. The van der Waals surface area contributed by atoms with Crippen LogP contribution < -0.4 is 0 Å². The smallest absolute Gasteiger partial charge is 0.0392 e. The van der Waals surface area contributed by atoms with E-state index in [1.54, 1.807) is 0 Å². The number of hydrogen-bond acceptors (Lipinski definition) is 2. The van der Waals surface area contributed by atoms with Crippen molar-refractivity contribution >= 4 is 11.3 Å². The largest absolute Gasteiger partial charge is 0.305 e. The van der Waals surface area contributed by atoms with Crippen LogP contribution in [0.15, 0.2) is 42.0 Å². The molecule has 2 rings (SSSR count). The predicted molar refractivity (Wildman–Crippen MR) is 92.0 cm³/mol. The van der Waals surface area contributed by atoms with E-state index in [0.29, 0.717) is 0 Å². The molecule has 0 fully saturated rings. The molecule has 1 N–H and O–H groups in total. The highest BCUT2D eigenvalue weighted by atomic mass is 15.0. The van der Waals surface area contributed by atoms with Gasteiger partial charge >= 0.3 is 0 Å². The maximum Gasteiger partial charge on any atom is 0.0392 e. The molecule has 0 unspecified atom stereocenters. The zero-order valence-electron chi connectivity index (χ0n) is 13.4. The topological polar surface area (TPSA) is 27.1 Å². The van der Waals surface area contributed by atoms with Crippen LogP contribution in [0.5, 0.6) is 0 Å². The first-order valence-corrected chi connectivity index (χ1v) is 7.83. The summed E-state index contributed by atoms with van der Waals surface area (Å²) in [5.74, 6) is 0. The minimum atomic E-state index is 0.773. The Balaban J connectivity index is 2.20. The zero-order valence-corrected chi connectivity index (χ0v) is 13.4. The van der Waals surface area contributed by atoms with Gasteiger partial charge in [0.25, 0.3) is 0 Å². The minimum absolute atomic E-state index is 0.773. The van der Waals surface area contributed by atoms with E-state index in [4.69, 9.17) is 5.41 Å². The number of nitrogens with zero attached hydrogens (tertiary/aromatic N) is 1. The number of nitrogens with one attached hydrogen (secondary N) is 1. The third kappa shape index (κ3) is 4.15. The van der Waals surface area contributed by atoms with Gasteiger partial charge in [0, 0.05) is 17.8 Å². The van der Waals surface area contributed by atoms with E-state index in [1.165, 1.54) is 16.7 Å². The van der Waals surface area contributed by atoms with Gasteiger partial charge in [-0.15, -0.1) is 0 Å². The van der Waals surface area contributed by atoms with E-state index in [1.807, 2.05) is 6.07 Å². The second-order valence-corrected chi connectivity index (χ2v) is 6.02. The van der Waals surface area contributed by atoms with Crippen LogP contribution in [0.25, 0.3) is 5.57 Å². The average molecular weight is 282 g/mol. The van der Waals surface area contributed by atoms with Gasteiger partial charge in [0.15, 0.2) is 0 Å². The zero-order chi connectivity index (χ0) is 15.2. The van der Waals surface area contributed by atoms with Gasteiger partial charge in [0.2, 0.25) is 0 Å². The molecule has 0 saturated carbocycles. The van der Waals surface area contributed by atoms with E-state index in [9.17, 15) is 0 Å². The maximum absolute atomic E-state index is 8.35. The molecule has 0 radical (unpaired) electrons. The molecule has 0 saturated heterocycles. The summed E-state index contributed by atoms with van der Waals surface area (Å²) in [5.41, 5.74) is 5.85. The van der Waals surface area contributed by atoms with Crippen molar-refractivity contribution in [3.05, 3.63) is 53.1 Å². The lowest BCUT2D eigenvalue weighted by atomic mass is 9.94. The summed E-state index contributed by atoms with van der Waals surface area (Å²) < 4.78 is 0. The number of unbranched alkanes of at least 4 members (excludes halogenated alkanes) is 1. The fourth-order valence-corrected chi connectivity index (χ4v) is 2.76. The molecule has 0 amide bonds. The van der Waals surface area contributed by atoms with Crippen LogP contribution in [0.4, 0.5) is 0 Å². The molecule has 0 heterocycles. The van der Waals surface area contributed by atoms with Crippen LogP contribution in [0.3, 0.4) is 0 Å². The van der Waals surface area contributed by atoms with E-state index in [-0.39, 0.29) is 0 Å². The predicted octanol–water partition coefficient (Wildman–Crippen LogP) is 4.52. The van der Waals surface area contributed by atoms with Crippen LogP contribution in [0.1, 0.15) is 43.7 Å². The first-order chi connectivity index (χ1) is 10.1. The number of benzene rings is 1. The molecule has 0 bridgehead atoms. The molecule has 1 aromatic rings. The summed E-state index contributed by atoms with van der Waals surface area (Å²) in [6.45, 7) is 3.16. The molecule has 0 atom stereocenters. The van der Waals surface area contributed by atoms with Gasteiger partial charge in [-0.1, -0.05) is 49.8 Å². The monoisotopic (exact) mass is 282 g/mol. The Morgan fingerprint density at radius 1 is 1.24 bits per heavy atom. The van der Waals surface area contributed by atoms with Crippen LogP contribution in [0, 0.1) is 5.41 Å². The molecule has 2 heteroatoms. The fraction of sp³-hybridized carbons (Fsp3) is 0.421. The van der Waals surface area contributed by atoms with Crippen molar-refractivity contribution in [3.63, 3.8) is 0 Å². The van der Waals surface area contributed by atoms with Crippen LogP contribution in [-0.2, 0) is 0 Å². The van der Waals surface area contributed by atoms with Gasteiger partial charge in [0.05, 0.1) is 0 Å². The van der Waals surface area contributed by atoms with Gasteiger partial charge < -0.3 is 10.3 Å². The summed E-state index contributed by atoms with van der Waals surface area (Å²) in [4.78, 5) is 2.19. The summed E-state index contributed by atoms with van der Waals surface area (Å²) >= 11 is 0. The third-order valence-corrected chi connectivity index (χ3v) is 3.82. The summed E-state index contributed by atoms with van der Waals surface area (Å²) in [6, 6.07) is 8.38. The SMILES string of the molecule is CCCCC(=N)c1ccccc1C1=CC(CN(C)C)=CC1. The molecular weight excluding hydrogens is 256 g/mol. The molecule has 2 nitrogen and oxygen atoms in total. The summed E-state index contributed by atoms with van der Waals surface area (Å²) in [5, 5.41) is 8.35. The normalized spacial score (nSPS) is 14.3. The second-order valence-electron chi connectivity index (χ2n) is 6.02. The number of rotatable bonds is 7. The van der Waals surface area contributed by atoms with Crippen LogP contribution in [-0.4, -0.2) is 31.3 Å². The number of likely N-dealkylation sites (N-methyl/N-ethyl adjacent to an activating group) is 1. The number of hydrogen-bond donors (Lipinski definition) is 1. The Kier molecular flexibility index (Phi) is 5.51. The van der Waals surface area contributed by atoms with Gasteiger partial charge in [-0.25, -0.2) is 0 Å². The standard InChI is InChI=1S/C19H26N2/c1-4-5-10-19(20)18-9-7-6-8-17(18)16-12-11-15(13-16)14-21(2)3/h6-9,11,13,20H,4-5,10,12,14H2,1-3H3. The van der Waals surface area contributed by atoms with Crippen molar-refractivity contribution in [3.8, 4) is 0 Å².